The molecule has 1 saturated heterocycles. The van der Waals surface area contributed by atoms with E-state index in [2.05, 4.69) is 0 Å². The van der Waals surface area contributed by atoms with Gasteiger partial charge in [0.2, 0.25) is 5.91 Å². The third-order valence-electron chi connectivity index (χ3n) is 3.12. The van der Waals surface area contributed by atoms with Gasteiger partial charge < -0.3 is 14.4 Å². The molecule has 6 heteroatoms. The van der Waals surface area contributed by atoms with Gasteiger partial charge in [0, 0.05) is 26.0 Å². The predicted octanol–water partition coefficient (Wildman–Crippen LogP) is 1.17. The maximum atomic E-state index is 11.9. The van der Waals surface area contributed by atoms with Crippen molar-refractivity contribution in [3.8, 4) is 0 Å². The van der Waals surface area contributed by atoms with Crippen molar-refractivity contribution < 1.29 is 19.1 Å². The van der Waals surface area contributed by atoms with Gasteiger partial charge in [0.25, 0.3) is 0 Å². The fourth-order valence-electron chi connectivity index (χ4n) is 2.02. The van der Waals surface area contributed by atoms with Crippen LogP contribution >= 0.6 is 11.8 Å². The van der Waals surface area contributed by atoms with Gasteiger partial charge in [-0.05, 0) is 19.8 Å². The highest BCUT2D eigenvalue weighted by molar-refractivity contribution is 7.99. The van der Waals surface area contributed by atoms with Crippen LogP contribution in [-0.2, 0) is 19.1 Å². The van der Waals surface area contributed by atoms with Crippen LogP contribution in [0.4, 0.5) is 0 Å². The molecule has 1 fully saturated rings. The van der Waals surface area contributed by atoms with Gasteiger partial charge in [-0.3, -0.25) is 9.59 Å². The van der Waals surface area contributed by atoms with Crippen molar-refractivity contribution in [2.45, 2.75) is 19.8 Å². The van der Waals surface area contributed by atoms with Gasteiger partial charge in [0.1, 0.15) is 0 Å². The van der Waals surface area contributed by atoms with Gasteiger partial charge in [-0.15, -0.1) is 11.8 Å². The molecule has 0 aliphatic carbocycles. The Bertz CT molecular complexity index is 290. The molecule has 1 aliphatic heterocycles. The van der Waals surface area contributed by atoms with Crippen LogP contribution < -0.4 is 0 Å². The van der Waals surface area contributed by atoms with E-state index < -0.39 is 0 Å². The quantitative estimate of drug-likeness (QED) is 0.520. The second-order valence-corrected chi connectivity index (χ2v) is 5.56. The number of thioether (sulfide) groups is 1. The minimum atomic E-state index is -0.121. The molecular formula is C13H23NO4S. The summed E-state index contributed by atoms with van der Waals surface area (Å²) in [5.74, 6) is 1.33. The number of carbonyl (C=O) groups is 2. The highest BCUT2D eigenvalue weighted by Gasteiger charge is 2.27. The monoisotopic (exact) mass is 289 g/mol. The second-order valence-electron chi connectivity index (χ2n) is 4.45. The largest absolute Gasteiger partial charge is 0.466 e. The third kappa shape index (κ3) is 5.82. The third-order valence-corrected chi connectivity index (χ3v) is 4.03. The number of piperidine rings is 1. The van der Waals surface area contributed by atoms with Crippen LogP contribution in [-0.4, -0.2) is 61.7 Å². The summed E-state index contributed by atoms with van der Waals surface area (Å²) >= 11 is 1.59. The zero-order valence-corrected chi connectivity index (χ0v) is 12.5. The summed E-state index contributed by atoms with van der Waals surface area (Å²) in [4.78, 5) is 25.3. The van der Waals surface area contributed by atoms with Crippen molar-refractivity contribution in [2.24, 2.45) is 5.92 Å². The minimum Gasteiger partial charge on any atom is -0.466 e. The van der Waals surface area contributed by atoms with Gasteiger partial charge >= 0.3 is 5.97 Å². The second kappa shape index (κ2) is 9.20. The first-order valence-electron chi connectivity index (χ1n) is 6.70. The molecule has 0 radical (unpaired) electrons. The Morgan fingerprint density at radius 2 is 2.00 bits per heavy atom. The lowest BCUT2D eigenvalue weighted by Gasteiger charge is -2.30. The molecule has 0 aromatic rings. The van der Waals surface area contributed by atoms with Gasteiger partial charge in [0.15, 0.2) is 0 Å². The van der Waals surface area contributed by atoms with E-state index in [1.54, 1.807) is 18.9 Å². The first-order valence-corrected chi connectivity index (χ1v) is 7.85. The normalized spacial score (nSPS) is 16.4. The molecule has 0 N–H and O–H groups in total. The number of carbonyl (C=O) groups excluding carboxylic acids is 2. The number of esters is 1. The first kappa shape index (κ1) is 16.3. The molecule has 1 heterocycles. The van der Waals surface area contributed by atoms with E-state index in [0.29, 0.717) is 44.9 Å². The van der Waals surface area contributed by atoms with Crippen molar-refractivity contribution in [3.05, 3.63) is 0 Å². The summed E-state index contributed by atoms with van der Waals surface area (Å²) in [6.45, 7) is 4.23. The number of hydrogen-bond donors (Lipinski definition) is 0. The molecule has 0 aromatic heterocycles. The molecule has 1 amide bonds. The van der Waals surface area contributed by atoms with Crippen molar-refractivity contribution in [3.63, 3.8) is 0 Å². The lowest BCUT2D eigenvalue weighted by atomic mass is 9.97. The van der Waals surface area contributed by atoms with Gasteiger partial charge in [-0.1, -0.05) is 0 Å². The zero-order chi connectivity index (χ0) is 14.1. The van der Waals surface area contributed by atoms with Crippen molar-refractivity contribution >= 4 is 23.6 Å². The number of likely N-dealkylation sites (tertiary alicyclic amines) is 1. The Balaban J connectivity index is 2.21. The molecule has 0 saturated carbocycles. The fourth-order valence-corrected chi connectivity index (χ4v) is 2.80. The topological polar surface area (TPSA) is 55.8 Å². The standard InChI is InChI=1S/C13H23NO4S/c1-3-18-13(16)11-4-6-14(7-5-11)12(15)10-19-9-8-17-2/h11H,3-10H2,1-2H3. The zero-order valence-electron chi connectivity index (χ0n) is 11.7. The van der Waals surface area contributed by atoms with Gasteiger partial charge in [0.05, 0.1) is 24.9 Å². The Labute approximate surface area is 119 Å². The van der Waals surface area contributed by atoms with E-state index in [1.165, 1.54) is 0 Å². The molecule has 1 aliphatic rings. The van der Waals surface area contributed by atoms with Crippen LogP contribution in [0.3, 0.4) is 0 Å². The van der Waals surface area contributed by atoms with Crippen LogP contribution in [0, 0.1) is 5.92 Å². The van der Waals surface area contributed by atoms with Crippen molar-refractivity contribution in [2.75, 3.05) is 44.9 Å². The highest BCUT2D eigenvalue weighted by atomic mass is 32.2. The van der Waals surface area contributed by atoms with E-state index in [0.717, 1.165) is 5.75 Å². The Morgan fingerprint density at radius 1 is 1.32 bits per heavy atom. The van der Waals surface area contributed by atoms with Gasteiger partial charge in [-0.2, -0.15) is 0 Å². The predicted molar refractivity (Wildman–Crippen MR) is 75.1 cm³/mol. The van der Waals surface area contributed by atoms with E-state index in [9.17, 15) is 9.59 Å². The molecule has 110 valence electrons. The molecule has 19 heavy (non-hydrogen) atoms. The highest BCUT2D eigenvalue weighted by Crippen LogP contribution is 2.19. The maximum Gasteiger partial charge on any atom is 0.309 e. The fraction of sp³-hybridized carbons (Fsp3) is 0.846. The molecule has 5 nitrogen and oxygen atoms in total. The van der Waals surface area contributed by atoms with E-state index >= 15 is 0 Å². The lowest BCUT2D eigenvalue weighted by Crippen LogP contribution is -2.41. The molecule has 0 aromatic carbocycles. The van der Waals surface area contributed by atoms with Crippen LogP contribution in [0.25, 0.3) is 0 Å². The van der Waals surface area contributed by atoms with Gasteiger partial charge in [-0.25, -0.2) is 0 Å². The minimum absolute atomic E-state index is 0.0369. The lowest BCUT2D eigenvalue weighted by molar-refractivity contribution is -0.151. The van der Waals surface area contributed by atoms with E-state index in [4.69, 9.17) is 9.47 Å². The number of rotatable bonds is 7. The number of hydrogen-bond acceptors (Lipinski definition) is 5. The smallest absolute Gasteiger partial charge is 0.309 e. The number of nitrogens with zero attached hydrogens (tertiary/aromatic N) is 1. The van der Waals surface area contributed by atoms with Crippen LogP contribution in [0.5, 0.6) is 0 Å². The molecule has 0 atom stereocenters. The number of amides is 1. The number of ether oxygens (including phenoxy) is 2. The molecule has 0 bridgehead atoms. The Morgan fingerprint density at radius 3 is 2.58 bits per heavy atom. The maximum absolute atomic E-state index is 11.9. The summed E-state index contributed by atoms with van der Waals surface area (Å²) in [5, 5.41) is 0. The Kier molecular flexibility index (Phi) is 7.90. The summed E-state index contributed by atoms with van der Waals surface area (Å²) in [5.41, 5.74) is 0. The van der Waals surface area contributed by atoms with Crippen molar-refractivity contribution in [1.82, 2.24) is 4.90 Å². The SMILES string of the molecule is CCOC(=O)C1CCN(C(=O)CSCCOC)CC1. The summed E-state index contributed by atoms with van der Waals surface area (Å²) in [6, 6.07) is 0. The summed E-state index contributed by atoms with van der Waals surface area (Å²) < 4.78 is 9.94. The van der Waals surface area contributed by atoms with Crippen LogP contribution in [0.1, 0.15) is 19.8 Å². The summed E-state index contributed by atoms with van der Waals surface area (Å²) in [6.07, 6.45) is 1.43. The average Bonchev–Trinajstić information content (AvgIpc) is 2.44. The molecule has 1 rings (SSSR count). The molecular weight excluding hydrogens is 266 g/mol. The van der Waals surface area contributed by atoms with Crippen LogP contribution in [0.15, 0.2) is 0 Å². The molecule has 0 spiro atoms. The van der Waals surface area contributed by atoms with E-state index in [-0.39, 0.29) is 17.8 Å². The van der Waals surface area contributed by atoms with E-state index in [1.807, 2.05) is 11.8 Å². The van der Waals surface area contributed by atoms with Crippen molar-refractivity contribution in [1.29, 1.82) is 0 Å². The average molecular weight is 289 g/mol. The Hall–Kier alpha value is -0.750. The first-order chi connectivity index (χ1) is 9.19. The number of methoxy groups -OCH3 is 1. The summed E-state index contributed by atoms with van der Waals surface area (Å²) in [7, 11) is 1.66. The molecule has 0 unspecified atom stereocenters. The van der Waals surface area contributed by atoms with Crippen LogP contribution in [0.2, 0.25) is 0 Å².